The molecule has 0 aliphatic carbocycles. The lowest BCUT2D eigenvalue weighted by molar-refractivity contribution is 0.0752. The van der Waals surface area contributed by atoms with Crippen LogP contribution in [0.4, 0.5) is 0 Å². The predicted molar refractivity (Wildman–Crippen MR) is 53.8 cm³/mol. The minimum Gasteiger partial charge on any atom is -0.369 e. The Labute approximate surface area is 79.0 Å². The molecule has 0 unspecified atom stereocenters. The maximum absolute atomic E-state index is 5.59. The van der Waals surface area contributed by atoms with Crippen LogP contribution in [-0.4, -0.2) is 6.61 Å². The topological polar surface area (TPSA) is 9.23 Å². The van der Waals surface area contributed by atoms with Crippen molar-refractivity contribution < 1.29 is 4.74 Å². The molecule has 0 amide bonds. The Balaban J connectivity index is 2.47. The van der Waals surface area contributed by atoms with Gasteiger partial charge in [0.1, 0.15) is 6.10 Å². The molecular weight excluding hydrogens is 160 g/mol. The minimum absolute atomic E-state index is 0.101. The molecule has 0 saturated heterocycles. The summed E-state index contributed by atoms with van der Waals surface area (Å²) in [7, 11) is 0. The van der Waals surface area contributed by atoms with Gasteiger partial charge in [-0.05, 0) is 24.5 Å². The van der Waals surface area contributed by atoms with E-state index in [0.717, 1.165) is 13.0 Å². The lowest BCUT2D eigenvalue weighted by atomic mass is 9.96. The van der Waals surface area contributed by atoms with Gasteiger partial charge in [0.05, 0.1) is 6.61 Å². The summed E-state index contributed by atoms with van der Waals surface area (Å²) in [6.45, 7) is 6.71. The van der Waals surface area contributed by atoms with E-state index in [9.17, 15) is 0 Å². The van der Waals surface area contributed by atoms with Crippen molar-refractivity contribution in [1.29, 1.82) is 0 Å². The van der Waals surface area contributed by atoms with Crippen molar-refractivity contribution in [3.63, 3.8) is 0 Å². The molecule has 13 heavy (non-hydrogen) atoms. The zero-order valence-electron chi connectivity index (χ0n) is 7.92. The normalized spacial score (nSPS) is 20.8. The third-order valence-electron chi connectivity index (χ3n) is 2.49. The van der Waals surface area contributed by atoms with Gasteiger partial charge in [0, 0.05) is 0 Å². The molecule has 0 radical (unpaired) electrons. The standard InChI is InChI=1S/C12H14O/c1-3-12-11-8-9(2)4-5-10(11)6-7-13-12/h3-5,8,12H,1,6-7H2,2H3/t12-/m0/s1. The molecule has 1 heteroatoms. The molecule has 0 N–H and O–H groups in total. The number of benzene rings is 1. The van der Waals surface area contributed by atoms with Crippen LogP contribution in [0.5, 0.6) is 0 Å². The van der Waals surface area contributed by atoms with Crippen LogP contribution in [0, 0.1) is 6.92 Å². The second-order valence-corrected chi connectivity index (χ2v) is 3.48. The molecule has 1 heterocycles. The maximum atomic E-state index is 5.59. The van der Waals surface area contributed by atoms with Gasteiger partial charge in [-0.2, -0.15) is 0 Å². The lowest BCUT2D eigenvalue weighted by Crippen LogP contribution is -2.14. The average Bonchev–Trinajstić information content (AvgIpc) is 2.17. The SMILES string of the molecule is C=C[C@@H]1OCCc2ccc(C)cc21. The van der Waals surface area contributed by atoms with Crippen molar-refractivity contribution in [3.8, 4) is 0 Å². The van der Waals surface area contributed by atoms with Gasteiger partial charge in [-0.25, -0.2) is 0 Å². The molecule has 0 saturated carbocycles. The van der Waals surface area contributed by atoms with Crippen molar-refractivity contribution in [2.45, 2.75) is 19.4 Å². The highest BCUT2D eigenvalue weighted by Gasteiger charge is 2.17. The first kappa shape index (κ1) is 8.52. The third-order valence-corrected chi connectivity index (χ3v) is 2.49. The second kappa shape index (κ2) is 3.35. The number of rotatable bonds is 1. The molecule has 0 spiro atoms. The molecule has 1 aromatic rings. The molecule has 1 aliphatic rings. The Kier molecular flexibility index (Phi) is 2.19. The summed E-state index contributed by atoms with van der Waals surface area (Å²) in [5.41, 5.74) is 3.99. The molecule has 2 rings (SSSR count). The van der Waals surface area contributed by atoms with Gasteiger partial charge < -0.3 is 4.74 Å². The van der Waals surface area contributed by atoms with Gasteiger partial charge in [0.15, 0.2) is 0 Å². The zero-order valence-corrected chi connectivity index (χ0v) is 7.92. The smallest absolute Gasteiger partial charge is 0.101 e. The molecular formula is C12H14O. The van der Waals surface area contributed by atoms with E-state index in [-0.39, 0.29) is 6.10 Å². The van der Waals surface area contributed by atoms with E-state index in [1.165, 1.54) is 16.7 Å². The van der Waals surface area contributed by atoms with E-state index in [2.05, 4.69) is 31.7 Å². The molecule has 1 aliphatic heterocycles. The van der Waals surface area contributed by atoms with Crippen LogP contribution in [0.25, 0.3) is 0 Å². The third kappa shape index (κ3) is 1.52. The predicted octanol–water partition coefficient (Wildman–Crippen LogP) is 2.79. The molecule has 1 nitrogen and oxygen atoms in total. The van der Waals surface area contributed by atoms with Crippen molar-refractivity contribution in [2.75, 3.05) is 6.61 Å². The number of ether oxygens (including phenoxy) is 1. The van der Waals surface area contributed by atoms with E-state index in [0.29, 0.717) is 0 Å². The van der Waals surface area contributed by atoms with E-state index >= 15 is 0 Å². The Hall–Kier alpha value is -1.08. The second-order valence-electron chi connectivity index (χ2n) is 3.48. The minimum atomic E-state index is 0.101. The Morgan fingerprint density at radius 2 is 2.38 bits per heavy atom. The molecule has 0 bridgehead atoms. The Morgan fingerprint density at radius 1 is 1.54 bits per heavy atom. The summed E-state index contributed by atoms with van der Waals surface area (Å²) in [6.07, 6.45) is 3.00. The highest BCUT2D eigenvalue weighted by molar-refractivity contribution is 5.36. The summed E-state index contributed by atoms with van der Waals surface area (Å²) in [5.74, 6) is 0. The lowest BCUT2D eigenvalue weighted by Gasteiger charge is -2.23. The van der Waals surface area contributed by atoms with Gasteiger partial charge in [0.25, 0.3) is 0 Å². The van der Waals surface area contributed by atoms with Crippen LogP contribution in [0.1, 0.15) is 22.8 Å². The van der Waals surface area contributed by atoms with E-state index in [1.54, 1.807) is 0 Å². The van der Waals surface area contributed by atoms with Crippen LogP contribution in [0.2, 0.25) is 0 Å². The van der Waals surface area contributed by atoms with Gasteiger partial charge in [-0.1, -0.05) is 29.8 Å². The fraction of sp³-hybridized carbons (Fsp3) is 0.333. The van der Waals surface area contributed by atoms with Crippen LogP contribution in [-0.2, 0) is 11.2 Å². The monoisotopic (exact) mass is 174 g/mol. The quantitative estimate of drug-likeness (QED) is 0.595. The number of hydrogen-bond donors (Lipinski definition) is 0. The van der Waals surface area contributed by atoms with Gasteiger partial charge in [0.2, 0.25) is 0 Å². The largest absolute Gasteiger partial charge is 0.369 e. The highest BCUT2D eigenvalue weighted by atomic mass is 16.5. The summed E-state index contributed by atoms with van der Waals surface area (Å²) < 4.78 is 5.59. The zero-order chi connectivity index (χ0) is 9.26. The van der Waals surface area contributed by atoms with Gasteiger partial charge >= 0.3 is 0 Å². The summed E-state index contributed by atoms with van der Waals surface area (Å²) in [4.78, 5) is 0. The van der Waals surface area contributed by atoms with E-state index < -0.39 is 0 Å². The molecule has 0 aromatic heterocycles. The molecule has 1 aromatic carbocycles. The van der Waals surface area contributed by atoms with Gasteiger partial charge in [-0.3, -0.25) is 0 Å². The van der Waals surface area contributed by atoms with Crippen LogP contribution in [0.15, 0.2) is 30.9 Å². The fourth-order valence-corrected chi connectivity index (χ4v) is 1.79. The molecule has 1 atom stereocenters. The van der Waals surface area contributed by atoms with Crippen LogP contribution in [0.3, 0.4) is 0 Å². The van der Waals surface area contributed by atoms with Crippen molar-refractivity contribution >= 4 is 0 Å². The van der Waals surface area contributed by atoms with Crippen molar-refractivity contribution in [1.82, 2.24) is 0 Å². The average molecular weight is 174 g/mol. The van der Waals surface area contributed by atoms with Gasteiger partial charge in [-0.15, -0.1) is 6.58 Å². The van der Waals surface area contributed by atoms with Crippen molar-refractivity contribution in [2.24, 2.45) is 0 Å². The Morgan fingerprint density at radius 3 is 3.15 bits per heavy atom. The van der Waals surface area contributed by atoms with Crippen molar-refractivity contribution in [3.05, 3.63) is 47.5 Å². The van der Waals surface area contributed by atoms with Crippen LogP contribution < -0.4 is 0 Å². The molecule has 68 valence electrons. The highest BCUT2D eigenvalue weighted by Crippen LogP contribution is 2.28. The first-order chi connectivity index (χ1) is 6.31. The maximum Gasteiger partial charge on any atom is 0.101 e. The summed E-state index contributed by atoms with van der Waals surface area (Å²) >= 11 is 0. The van der Waals surface area contributed by atoms with Crippen LogP contribution >= 0.6 is 0 Å². The van der Waals surface area contributed by atoms with E-state index in [4.69, 9.17) is 4.74 Å². The number of hydrogen-bond acceptors (Lipinski definition) is 1. The number of aryl methyl sites for hydroxylation is 1. The number of fused-ring (bicyclic) bond motifs is 1. The first-order valence-corrected chi connectivity index (χ1v) is 4.65. The Bertz CT molecular complexity index is 328. The summed E-state index contributed by atoms with van der Waals surface area (Å²) in [6, 6.07) is 6.55. The molecule has 0 fully saturated rings. The summed E-state index contributed by atoms with van der Waals surface area (Å²) in [5, 5.41) is 0. The fourth-order valence-electron chi connectivity index (χ4n) is 1.79. The first-order valence-electron chi connectivity index (χ1n) is 4.65. The van der Waals surface area contributed by atoms with E-state index in [1.807, 2.05) is 6.08 Å².